The van der Waals surface area contributed by atoms with Crippen molar-refractivity contribution in [2.75, 3.05) is 40.4 Å². The van der Waals surface area contributed by atoms with Crippen molar-refractivity contribution in [2.45, 2.75) is 6.42 Å². The molecular weight excluding hydrogens is 189 g/mol. The van der Waals surface area contributed by atoms with Crippen LogP contribution in [0.4, 0.5) is 4.39 Å². The molecule has 0 aliphatic carbocycles. The van der Waals surface area contributed by atoms with Crippen molar-refractivity contribution in [3.63, 3.8) is 0 Å². The van der Waals surface area contributed by atoms with E-state index in [9.17, 15) is 4.39 Å². The van der Waals surface area contributed by atoms with E-state index in [0.717, 1.165) is 19.5 Å². The molecule has 0 saturated heterocycles. The Morgan fingerprint density at radius 2 is 1.92 bits per heavy atom. The van der Waals surface area contributed by atoms with E-state index in [-0.39, 0.29) is 6.67 Å². The summed E-state index contributed by atoms with van der Waals surface area (Å²) in [5, 5.41) is 6.29. The van der Waals surface area contributed by atoms with Gasteiger partial charge < -0.3 is 15.5 Å². The minimum absolute atomic E-state index is 0.291. The molecule has 0 aliphatic heterocycles. The molecule has 0 heterocycles. The molecule has 0 radical (unpaired) electrons. The molecule has 78 valence electrons. The third kappa shape index (κ3) is 9.49. The predicted octanol–water partition coefficient (Wildman–Crippen LogP) is 0.372. The van der Waals surface area contributed by atoms with Crippen LogP contribution in [-0.4, -0.2) is 50.4 Å². The molecule has 0 rings (SSSR count). The molecule has 0 aromatic heterocycles. The van der Waals surface area contributed by atoms with Gasteiger partial charge in [-0.2, -0.15) is 0 Å². The molecule has 0 aliphatic rings. The van der Waals surface area contributed by atoms with E-state index in [1.807, 2.05) is 14.1 Å². The highest BCUT2D eigenvalue weighted by molar-refractivity contribution is 7.80. The van der Waals surface area contributed by atoms with Gasteiger partial charge in [0.1, 0.15) is 6.67 Å². The number of rotatable bonds is 6. The standard InChI is InChI=1S/C8H18FN3S/c1-12(2)7-3-5-10-8(13)11-6-4-9/h3-7H2,1-2H3,(H2,10,11,13). The lowest BCUT2D eigenvalue weighted by Crippen LogP contribution is -2.37. The molecule has 0 aromatic rings. The Bertz CT molecular complexity index is 141. The average molecular weight is 207 g/mol. The smallest absolute Gasteiger partial charge is 0.166 e. The fourth-order valence-electron chi connectivity index (χ4n) is 0.820. The van der Waals surface area contributed by atoms with Gasteiger partial charge in [-0.25, -0.2) is 4.39 Å². The highest BCUT2D eigenvalue weighted by Crippen LogP contribution is 1.80. The van der Waals surface area contributed by atoms with Crippen LogP contribution < -0.4 is 10.6 Å². The monoisotopic (exact) mass is 207 g/mol. The van der Waals surface area contributed by atoms with Crippen molar-refractivity contribution in [1.29, 1.82) is 0 Å². The zero-order valence-electron chi connectivity index (χ0n) is 8.27. The molecule has 0 bridgehead atoms. The maximum Gasteiger partial charge on any atom is 0.166 e. The summed E-state index contributed by atoms with van der Waals surface area (Å²) in [6.45, 7) is 1.76. The Kier molecular flexibility index (Phi) is 7.93. The minimum Gasteiger partial charge on any atom is -0.363 e. The van der Waals surface area contributed by atoms with Crippen LogP contribution in [0.5, 0.6) is 0 Å². The molecule has 2 N–H and O–H groups in total. The minimum atomic E-state index is -0.389. The van der Waals surface area contributed by atoms with Crippen LogP contribution in [0, 0.1) is 0 Å². The number of halogens is 1. The van der Waals surface area contributed by atoms with E-state index in [1.54, 1.807) is 0 Å². The van der Waals surface area contributed by atoms with Gasteiger partial charge in [0.15, 0.2) is 5.11 Å². The first-order valence-electron chi connectivity index (χ1n) is 4.39. The fraction of sp³-hybridized carbons (Fsp3) is 0.875. The van der Waals surface area contributed by atoms with Gasteiger partial charge in [0, 0.05) is 13.1 Å². The van der Waals surface area contributed by atoms with Gasteiger partial charge >= 0.3 is 0 Å². The van der Waals surface area contributed by atoms with Crippen molar-refractivity contribution in [1.82, 2.24) is 15.5 Å². The van der Waals surface area contributed by atoms with E-state index < -0.39 is 0 Å². The quantitative estimate of drug-likeness (QED) is 0.486. The summed E-state index contributed by atoms with van der Waals surface area (Å²) in [6.07, 6.45) is 1.03. The van der Waals surface area contributed by atoms with Crippen molar-refractivity contribution < 1.29 is 4.39 Å². The topological polar surface area (TPSA) is 27.3 Å². The first kappa shape index (κ1) is 12.6. The number of nitrogens with one attached hydrogen (secondary N) is 2. The predicted molar refractivity (Wildman–Crippen MR) is 57.7 cm³/mol. The molecule has 0 amide bonds. The van der Waals surface area contributed by atoms with Crippen LogP contribution in [0.25, 0.3) is 0 Å². The van der Waals surface area contributed by atoms with Crippen molar-refractivity contribution in [3.05, 3.63) is 0 Å². The van der Waals surface area contributed by atoms with Crippen LogP contribution in [0.2, 0.25) is 0 Å². The number of thiocarbonyl (C=S) groups is 1. The van der Waals surface area contributed by atoms with Crippen molar-refractivity contribution in [3.8, 4) is 0 Å². The highest BCUT2D eigenvalue weighted by atomic mass is 32.1. The second kappa shape index (κ2) is 8.19. The zero-order valence-corrected chi connectivity index (χ0v) is 9.09. The van der Waals surface area contributed by atoms with Gasteiger partial charge in [-0.05, 0) is 39.3 Å². The van der Waals surface area contributed by atoms with Crippen LogP contribution in [0.3, 0.4) is 0 Å². The van der Waals surface area contributed by atoms with E-state index in [4.69, 9.17) is 12.2 Å². The highest BCUT2D eigenvalue weighted by Gasteiger charge is 1.94. The molecular formula is C8H18FN3S. The molecule has 0 fully saturated rings. The Morgan fingerprint density at radius 1 is 1.31 bits per heavy atom. The maximum atomic E-state index is 11.7. The van der Waals surface area contributed by atoms with Gasteiger partial charge in [-0.3, -0.25) is 0 Å². The number of hydrogen-bond donors (Lipinski definition) is 2. The molecule has 0 atom stereocenters. The molecule has 3 nitrogen and oxygen atoms in total. The number of nitrogens with zero attached hydrogens (tertiary/aromatic N) is 1. The third-order valence-electron chi connectivity index (χ3n) is 1.45. The summed E-state index contributed by atoms with van der Waals surface area (Å²) in [4.78, 5) is 2.11. The van der Waals surface area contributed by atoms with Crippen molar-refractivity contribution >= 4 is 17.3 Å². The van der Waals surface area contributed by atoms with Gasteiger partial charge in [0.2, 0.25) is 0 Å². The zero-order chi connectivity index (χ0) is 10.1. The van der Waals surface area contributed by atoms with Gasteiger partial charge in [-0.1, -0.05) is 0 Å². The fourth-order valence-corrected chi connectivity index (χ4v) is 1.02. The molecule has 13 heavy (non-hydrogen) atoms. The largest absolute Gasteiger partial charge is 0.363 e. The lowest BCUT2D eigenvalue weighted by atomic mass is 10.4. The number of alkyl halides is 1. The summed E-state index contributed by atoms with van der Waals surface area (Å²) in [7, 11) is 4.05. The molecule has 0 saturated carbocycles. The molecule has 0 unspecified atom stereocenters. The normalized spacial score (nSPS) is 10.2. The first-order chi connectivity index (χ1) is 6.16. The molecule has 5 heteroatoms. The van der Waals surface area contributed by atoms with Crippen molar-refractivity contribution in [2.24, 2.45) is 0 Å². The first-order valence-corrected chi connectivity index (χ1v) is 4.80. The SMILES string of the molecule is CN(C)CCCNC(=S)NCCF. The van der Waals surface area contributed by atoms with Gasteiger partial charge in [0.05, 0.1) is 0 Å². The van der Waals surface area contributed by atoms with Crippen LogP contribution in [0.15, 0.2) is 0 Å². The Labute approximate surface area is 84.7 Å². The lowest BCUT2D eigenvalue weighted by molar-refractivity contribution is 0.400. The van der Waals surface area contributed by atoms with E-state index in [1.165, 1.54) is 0 Å². The Balaban J connectivity index is 3.17. The molecule has 0 spiro atoms. The molecule has 0 aromatic carbocycles. The Morgan fingerprint density at radius 3 is 2.46 bits per heavy atom. The van der Waals surface area contributed by atoms with Gasteiger partial charge in [-0.15, -0.1) is 0 Å². The van der Waals surface area contributed by atoms with Crippen LogP contribution >= 0.6 is 12.2 Å². The lowest BCUT2D eigenvalue weighted by Gasteiger charge is -2.11. The number of hydrogen-bond acceptors (Lipinski definition) is 2. The second-order valence-electron chi connectivity index (χ2n) is 3.03. The van der Waals surface area contributed by atoms with Crippen LogP contribution in [0.1, 0.15) is 6.42 Å². The third-order valence-corrected chi connectivity index (χ3v) is 1.74. The van der Waals surface area contributed by atoms with E-state index in [2.05, 4.69) is 15.5 Å². The summed E-state index contributed by atoms with van der Waals surface area (Å²) >= 11 is 4.90. The van der Waals surface area contributed by atoms with E-state index in [0.29, 0.717) is 11.7 Å². The summed E-state index contributed by atoms with van der Waals surface area (Å²) in [6, 6.07) is 0. The van der Waals surface area contributed by atoms with Crippen LogP contribution in [-0.2, 0) is 0 Å². The summed E-state index contributed by atoms with van der Waals surface area (Å²) < 4.78 is 11.7. The van der Waals surface area contributed by atoms with Gasteiger partial charge in [0.25, 0.3) is 0 Å². The Hall–Kier alpha value is -0.420. The van der Waals surface area contributed by atoms with E-state index >= 15 is 0 Å². The second-order valence-corrected chi connectivity index (χ2v) is 3.44. The average Bonchev–Trinajstić information content (AvgIpc) is 2.08. The summed E-state index contributed by atoms with van der Waals surface area (Å²) in [5.74, 6) is 0. The maximum absolute atomic E-state index is 11.7. The summed E-state index contributed by atoms with van der Waals surface area (Å²) in [5.41, 5.74) is 0.